The van der Waals surface area contributed by atoms with Crippen LogP contribution in [-0.4, -0.2) is 11.1 Å². The molecule has 5 heteroatoms. The smallest absolute Gasteiger partial charge is 0.173 e. The average Bonchev–Trinajstić information content (AvgIpc) is 2.42. The molecule has 2 rings (SSSR count). The number of Topliss-reactive ketones (excluding diaryl/α,β-unsaturated/α-hetero) is 1. The third kappa shape index (κ3) is 3.55. The van der Waals surface area contributed by atoms with Gasteiger partial charge in [-0.1, -0.05) is 27.5 Å². The highest BCUT2D eigenvalue weighted by molar-refractivity contribution is 9.09. The predicted molar refractivity (Wildman–Crippen MR) is 76.1 cm³/mol. The summed E-state index contributed by atoms with van der Waals surface area (Å²) in [4.78, 5) is 11.4. The van der Waals surface area contributed by atoms with E-state index >= 15 is 0 Å². The first kappa shape index (κ1) is 14.0. The number of rotatable bonds is 4. The molecule has 2 aromatic carbocycles. The Morgan fingerprint density at radius 1 is 1.21 bits per heavy atom. The molecule has 0 saturated carbocycles. The molecule has 2 nitrogen and oxygen atoms in total. The van der Waals surface area contributed by atoms with Gasteiger partial charge in [0, 0.05) is 5.56 Å². The Balaban J connectivity index is 2.17. The number of carbonyl (C=O) groups excluding carboxylic acids is 1. The van der Waals surface area contributed by atoms with Crippen LogP contribution >= 0.6 is 27.5 Å². The van der Waals surface area contributed by atoms with Gasteiger partial charge in [-0.05, 0) is 42.5 Å². The summed E-state index contributed by atoms with van der Waals surface area (Å²) in [7, 11) is 0. The lowest BCUT2D eigenvalue weighted by atomic mass is 10.1. The van der Waals surface area contributed by atoms with E-state index in [0.29, 0.717) is 17.1 Å². The minimum Gasteiger partial charge on any atom is -0.456 e. The molecular formula is C14H9BrClFO2. The highest BCUT2D eigenvalue weighted by atomic mass is 79.9. The number of carbonyl (C=O) groups is 1. The Kier molecular flexibility index (Phi) is 4.56. The van der Waals surface area contributed by atoms with Gasteiger partial charge in [-0.2, -0.15) is 0 Å². The minimum atomic E-state index is -0.421. The lowest BCUT2D eigenvalue weighted by Crippen LogP contribution is -1.99. The lowest BCUT2D eigenvalue weighted by Gasteiger charge is -2.08. The topological polar surface area (TPSA) is 26.3 Å². The summed E-state index contributed by atoms with van der Waals surface area (Å²) in [6, 6.07) is 10.6. The monoisotopic (exact) mass is 342 g/mol. The molecule has 0 aliphatic heterocycles. The molecule has 0 saturated heterocycles. The third-order valence-electron chi connectivity index (χ3n) is 2.42. The maximum Gasteiger partial charge on any atom is 0.173 e. The Hall–Kier alpha value is -1.39. The quantitative estimate of drug-likeness (QED) is 0.586. The van der Waals surface area contributed by atoms with Gasteiger partial charge in [0.05, 0.1) is 10.4 Å². The maximum absolute atomic E-state index is 12.9. The lowest BCUT2D eigenvalue weighted by molar-refractivity contribution is 0.102. The van der Waals surface area contributed by atoms with Crippen LogP contribution in [0.25, 0.3) is 0 Å². The van der Waals surface area contributed by atoms with E-state index in [1.807, 2.05) is 0 Å². The minimum absolute atomic E-state index is 0.00800. The molecule has 0 spiro atoms. The van der Waals surface area contributed by atoms with E-state index < -0.39 is 5.82 Å². The van der Waals surface area contributed by atoms with Gasteiger partial charge in [-0.25, -0.2) is 4.39 Å². The van der Waals surface area contributed by atoms with Gasteiger partial charge in [-0.3, -0.25) is 4.79 Å². The molecule has 19 heavy (non-hydrogen) atoms. The number of halogens is 3. The number of ketones is 1. The van der Waals surface area contributed by atoms with Crippen LogP contribution in [-0.2, 0) is 0 Å². The second-order valence-corrected chi connectivity index (χ2v) is 4.73. The van der Waals surface area contributed by atoms with Gasteiger partial charge in [0.15, 0.2) is 5.78 Å². The summed E-state index contributed by atoms with van der Waals surface area (Å²) < 4.78 is 18.4. The SMILES string of the molecule is O=C(CBr)c1ccc(Oc2ccc(F)cc2Cl)cc1. The highest BCUT2D eigenvalue weighted by Crippen LogP contribution is 2.29. The van der Waals surface area contributed by atoms with E-state index in [0.717, 1.165) is 0 Å². The first-order chi connectivity index (χ1) is 9.10. The molecule has 98 valence electrons. The van der Waals surface area contributed by atoms with Crippen LogP contribution in [0.5, 0.6) is 11.5 Å². The fourth-order valence-electron chi connectivity index (χ4n) is 1.47. The first-order valence-corrected chi connectivity index (χ1v) is 6.92. The number of ether oxygens (including phenoxy) is 1. The van der Waals surface area contributed by atoms with Crippen molar-refractivity contribution in [3.63, 3.8) is 0 Å². The summed E-state index contributed by atoms with van der Waals surface area (Å²) in [5, 5.41) is 0.470. The normalized spacial score (nSPS) is 10.3. The molecule has 0 aliphatic rings. The molecule has 0 N–H and O–H groups in total. The van der Waals surface area contributed by atoms with Gasteiger partial charge >= 0.3 is 0 Å². The summed E-state index contributed by atoms with van der Waals surface area (Å²) in [6.07, 6.45) is 0. The number of benzene rings is 2. The first-order valence-electron chi connectivity index (χ1n) is 5.42. The largest absolute Gasteiger partial charge is 0.456 e. The third-order valence-corrected chi connectivity index (χ3v) is 3.22. The molecule has 0 radical (unpaired) electrons. The fraction of sp³-hybridized carbons (Fsp3) is 0.0714. The Morgan fingerprint density at radius 2 is 1.89 bits per heavy atom. The predicted octanol–water partition coefficient (Wildman–Crippen LogP) is 4.85. The molecule has 0 aromatic heterocycles. The summed E-state index contributed by atoms with van der Waals surface area (Å²) in [5.41, 5.74) is 0.592. The number of hydrogen-bond acceptors (Lipinski definition) is 2. The number of hydrogen-bond donors (Lipinski definition) is 0. The Morgan fingerprint density at radius 3 is 2.47 bits per heavy atom. The molecule has 0 fully saturated rings. The molecule has 0 unspecified atom stereocenters. The summed E-state index contributed by atoms with van der Waals surface area (Å²) >= 11 is 8.96. The second kappa shape index (κ2) is 6.17. The van der Waals surface area contributed by atoms with E-state index in [-0.39, 0.29) is 16.1 Å². The van der Waals surface area contributed by atoms with Crippen molar-refractivity contribution >= 4 is 33.3 Å². The molecule has 2 aromatic rings. The molecular weight excluding hydrogens is 335 g/mol. The zero-order valence-corrected chi connectivity index (χ0v) is 12.0. The van der Waals surface area contributed by atoms with Crippen molar-refractivity contribution < 1.29 is 13.9 Å². The van der Waals surface area contributed by atoms with Gasteiger partial charge in [0.2, 0.25) is 0 Å². The van der Waals surface area contributed by atoms with Gasteiger partial charge in [0.1, 0.15) is 17.3 Å². The van der Waals surface area contributed by atoms with Gasteiger partial charge < -0.3 is 4.74 Å². The fourth-order valence-corrected chi connectivity index (χ4v) is 2.00. The van der Waals surface area contributed by atoms with Crippen molar-refractivity contribution in [2.45, 2.75) is 0 Å². The highest BCUT2D eigenvalue weighted by Gasteiger charge is 2.06. The van der Waals surface area contributed by atoms with E-state index in [2.05, 4.69) is 15.9 Å². The Labute approximate surface area is 123 Å². The van der Waals surface area contributed by atoms with Crippen LogP contribution in [0.2, 0.25) is 5.02 Å². The van der Waals surface area contributed by atoms with E-state index in [4.69, 9.17) is 16.3 Å². The second-order valence-electron chi connectivity index (χ2n) is 3.76. The maximum atomic E-state index is 12.9. The zero-order valence-electron chi connectivity index (χ0n) is 9.70. The van der Waals surface area contributed by atoms with Crippen molar-refractivity contribution in [2.75, 3.05) is 5.33 Å². The molecule has 0 heterocycles. The average molecular weight is 344 g/mol. The van der Waals surface area contributed by atoms with Gasteiger partial charge in [-0.15, -0.1) is 0 Å². The van der Waals surface area contributed by atoms with E-state index in [1.54, 1.807) is 24.3 Å². The zero-order chi connectivity index (χ0) is 13.8. The van der Waals surface area contributed by atoms with Crippen molar-refractivity contribution in [1.82, 2.24) is 0 Å². The van der Waals surface area contributed by atoms with Crippen LogP contribution in [0.15, 0.2) is 42.5 Å². The van der Waals surface area contributed by atoms with Crippen molar-refractivity contribution in [1.29, 1.82) is 0 Å². The number of alkyl halides is 1. The summed E-state index contributed by atoms with van der Waals surface area (Å²) in [5.74, 6) is 0.462. The van der Waals surface area contributed by atoms with E-state index in [9.17, 15) is 9.18 Å². The molecule has 0 bridgehead atoms. The van der Waals surface area contributed by atoms with Crippen LogP contribution in [0.1, 0.15) is 10.4 Å². The summed E-state index contributed by atoms with van der Waals surface area (Å²) in [6.45, 7) is 0. The van der Waals surface area contributed by atoms with Crippen molar-refractivity contribution in [3.05, 3.63) is 58.9 Å². The molecule has 0 atom stereocenters. The van der Waals surface area contributed by atoms with Crippen LogP contribution in [0.3, 0.4) is 0 Å². The van der Waals surface area contributed by atoms with E-state index in [1.165, 1.54) is 18.2 Å². The van der Waals surface area contributed by atoms with Crippen molar-refractivity contribution in [3.8, 4) is 11.5 Å². The van der Waals surface area contributed by atoms with Crippen LogP contribution in [0.4, 0.5) is 4.39 Å². The Bertz CT molecular complexity index is 599. The van der Waals surface area contributed by atoms with Gasteiger partial charge in [0.25, 0.3) is 0 Å². The van der Waals surface area contributed by atoms with Crippen molar-refractivity contribution in [2.24, 2.45) is 0 Å². The molecule has 0 amide bonds. The van der Waals surface area contributed by atoms with Crippen LogP contribution in [0, 0.1) is 5.82 Å². The molecule has 0 aliphatic carbocycles. The van der Waals surface area contributed by atoms with Crippen LogP contribution < -0.4 is 4.74 Å². The standard InChI is InChI=1S/C14H9BrClFO2/c15-8-13(18)9-1-4-11(5-2-9)19-14-6-3-10(17)7-12(14)16/h1-7H,8H2.